The van der Waals surface area contributed by atoms with Crippen LogP contribution in [0.4, 0.5) is 0 Å². The second kappa shape index (κ2) is 2.31. The van der Waals surface area contributed by atoms with Gasteiger partial charge in [0.25, 0.3) is 0 Å². The average Bonchev–Trinajstić information content (AvgIpc) is 2.61. The van der Waals surface area contributed by atoms with Crippen LogP contribution in [-0.2, 0) is 9.59 Å². The Kier molecular flexibility index (Phi) is 1.50. The molecule has 2 fully saturated rings. The highest BCUT2D eigenvalue weighted by atomic mass is 16.2. The summed E-state index contributed by atoms with van der Waals surface area (Å²) in [5.41, 5.74) is -0.0284. The standard InChI is InChI=1S/C9H13NO2/c1-9(6-2-3-6)4-7(11)10-8(12)5-9/h6H,2-5H2,1H3,(H,10,11,12). The van der Waals surface area contributed by atoms with Crippen molar-refractivity contribution in [2.24, 2.45) is 11.3 Å². The van der Waals surface area contributed by atoms with Gasteiger partial charge in [-0.2, -0.15) is 0 Å². The maximum absolute atomic E-state index is 11.1. The molecule has 0 aromatic carbocycles. The minimum atomic E-state index is -0.0966. The first-order valence-electron chi connectivity index (χ1n) is 4.43. The van der Waals surface area contributed by atoms with E-state index in [0.717, 1.165) is 0 Å². The van der Waals surface area contributed by atoms with Gasteiger partial charge in [-0.25, -0.2) is 0 Å². The number of hydrogen-bond acceptors (Lipinski definition) is 2. The lowest BCUT2D eigenvalue weighted by Crippen LogP contribution is -2.44. The molecular formula is C9H13NO2. The van der Waals surface area contributed by atoms with Crippen LogP contribution in [0.25, 0.3) is 0 Å². The summed E-state index contributed by atoms with van der Waals surface area (Å²) in [5, 5.41) is 2.34. The highest BCUT2D eigenvalue weighted by Crippen LogP contribution is 2.50. The molecule has 1 aliphatic heterocycles. The maximum atomic E-state index is 11.1. The van der Waals surface area contributed by atoms with Crippen molar-refractivity contribution < 1.29 is 9.59 Å². The van der Waals surface area contributed by atoms with Crippen LogP contribution in [0.2, 0.25) is 0 Å². The van der Waals surface area contributed by atoms with Gasteiger partial charge in [-0.1, -0.05) is 6.92 Å². The van der Waals surface area contributed by atoms with Crippen LogP contribution in [0.3, 0.4) is 0 Å². The molecule has 1 saturated heterocycles. The molecule has 0 spiro atoms. The SMILES string of the molecule is CC1(C2CC2)CC(=O)NC(=O)C1. The van der Waals surface area contributed by atoms with Gasteiger partial charge in [-0.15, -0.1) is 0 Å². The van der Waals surface area contributed by atoms with Gasteiger partial charge < -0.3 is 0 Å². The van der Waals surface area contributed by atoms with Gasteiger partial charge in [0, 0.05) is 12.8 Å². The van der Waals surface area contributed by atoms with Gasteiger partial charge in [-0.05, 0) is 24.2 Å². The van der Waals surface area contributed by atoms with Crippen LogP contribution >= 0.6 is 0 Å². The summed E-state index contributed by atoms with van der Waals surface area (Å²) >= 11 is 0. The van der Waals surface area contributed by atoms with Crippen molar-refractivity contribution in [2.75, 3.05) is 0 Å². The van der Waals surface area contributed by atoms with E-state index in [0.29, 0.717) is 18.8 Å². The van der Waals surface area contributed by atoms with E-state index >= 15 is 0 Å². The van der Waals surface area contributed by atoms with E-state index in [4.69, 9.17) is 0 Å². The molecule has 0 aromatic rings. The highest BCUT2D eigenvalue weighted by molar-refractivity contribution is 5.98. The molecule has 3 nitrogen and oxygen atoms in total. The Morgan fingerprint density at radius 1 is 1.25 bits per heavy atom. The van der Waals surface area contributed by atoms with Crippen LogP contribution in [-0.4, -0.2) is 11.8 Å². The van der Waals surface area contributed by atoms with Crippen molar-refractivity contribution >= 4 is 11.8 Å². The summed E-state index contributed by atoms with van der Waals surface area (Å²) < 4.78 is 0. The van der Waals surface area contributed by atoms with Gasteiger partial charge in [0.15, 0.2) is 0 Å². The molecule has 0 atom stereocenters. The van der Waals surface area contributed by atoms with Crippen molar-refractivity contribution in [3.8, 4) is 0 Å². The number of imide groups is 1. The van der Waals surface area contributed by atoms with Crippen molar-refractivity contribution in [3.05, 3.63) is 0 Å². The van der Waals surface area contributed by atoms with Crippen molar-refractivity contribution in [1.82, 2.24) is 5.32 Å². The molecule has 2 aliphatic rings. The Morgan fingerprint density at radius 3 is 2.17 bits per heavy atom. The molecule has 0 unspecified atom stereocenters. The fraction of sp³-hybridized carbons (Fsp3) is 0.778. The first-order valence-corrected chi connectivity index (χ1v) is 4.43. The number of carbonyl (C=O) groups is 2. The zero-order chi connectivity index (χ0) is 8.77. The smallest absolute Gasteiger partial charge is 0.227 e. The molecule has 2 amide bonds. The second-order valence-electron chi connectivity index (χ2n) is 4.25. The van der Waals surface area contributed by atoms with Crippen LogP contribution in [0.15, 0.2) is 0 Å². The van der Waals surface area contributed by atoms with E-state index < -0.39 is 0 Å². The minimum absolute atomic E-state index is 0.0284. The van der Waals surface area contributed by atoms with Crippen LogP contribution in [0.5, 0.6) is 0 Å². The first-order chi connectivity index (χ1) is 5.60. The van der Waals surface area contributed by atoms with Gasteiger partial charge in [0.05, 0.1) is 0 Å². The summed E-state index contributed by atoms with van der Waals surface area (Å²) in [6.45, 7) is 2.06. The number of carbonyl (C=O) groups excluding carboxylic acids is 2. The summed E-state index contributed by atoms with van der Waals surface area (Å²) in [7, 11) is 0. The summed E-state index contributed by atoms with van der Waals surface area (Å²) in [5.74, 6) is 0.425. The molecule has 0 aromatic heterocycles. The molecule has 0 bridgehead atoms. The molecule has 66 valence electrons. The lowest BCUT2D eigenvalue weighted by Gasteiger charge is -2.31. The largest absolute Gasteiger partial charge is 0.296 e. The summed E-state index contributed by atoms with van der Waals surface area (Å²) in [6, 6.07) is 0. The molecular weight excluding hydrogens is 154 g/mol. The highest BCUT2D eigenvalue weighted by Gasteiger charge is 2.46. The van der Waals surface area contributed by atoms with Crippen molar-refractivity contribution in [2.45, 2.75) is 32.6 Å². The number of amides is 2. The molecule has 2 rings (SSSR count). The van der Waals surface area contributed by atoms with Gasteiger partial charge in [0.2, 0.25) is 11.8 Å². The Balaban J connectivity index is 2.14. The number of nitrogens with one attached hydrogen (secondary N) is 1. The minimum Gasteiger partial charge on any atom is -0.296 e. The molecule has 1 saturated carbocycles. The van der Waals surface area contributed by atoms with Gasteiger partial charge in [-0.3, -0.25) is 14.9 Å². The zero-order valence-electron chi connectivity index (χ0n) is 7.22. The van der Waals surface area contributed by atoms with E-state index in [-0.39, 0.29) is 17.2 Å². The number of hydrogen-bond donors (Lipinski definition) is 1. The third kappa shape index (κ3) is 1.24. The predicted molar refractivity (Wildman–Crippen MR) is 43.2 cm³/mol. The quantitative estimate of drug-likeness (QED) is 0.588. The third-order valence-corrected chi connectivity index (χ3v) is 2.97. The van der Waals surface area contributed by atoms with Crippen LogP contribution in [0.1, 0.15) is 32.6 Å². The van der Waals surface area contributed by atoms with E-state index in [1.807, 2.05) is 0 Å². The summed E-state index contributed by atoms with van der Waals surface area (Å²) in [4.78, 5) is 22.2. The van der Waals surface area contributed by atoms with Crippen molar-refractivity contribution in [3.63, 3.8) is 0 Å². The fourth-order valence-electron chi connectivity index (χ4n) is 2.11. The molecule has 1 heterocycles. The Morgan fingerprint density at radius 2 is 1.75 bits per heavy atom. The molecule has 1 N–H and O–H groups in total. The summed E-state index contributed by atoms with van der Waals surface area (Å²) in [6.07, 6.45) is 3.45. The lowest BCUT2D eigenvalue weighted by atomic mass is 9.76. The Labute approximate surface area is 71.5 Å². The van der Waals surface area contributed by atoms with E-state index in [1.54, 1.807) is 0 Å². The average molecular weight is 167 g/mol. The molecule has 3 heteroatoms. The topological polar surface area (TPSA) is 46.2 Å². The van der Waals surface area contributed by atoms with Crippen molar-refractivity contribution in [1.29, 1.82) is 0 Å². The zero-order valence-corrected chi connectivity index (χ0v) is 7.22. The molecule has 12 heavy (non-hydrogen) atoms. The molecule has 1 aliphatic carbocycles. The third-order valence-electron chi connectivity index (χ3n) is 2.97. The lowest BCUT2D eigenvalue weighted by molar-refractivity contribution is -0.138. The normalized spacial score (nSPS) is 28.4. The Hall–Kier alpha value is -0.860. The van der Waals surface area contributed by atoms with E-state index in [2.05, 4.69) is 12.2 Å². The van der Waals surface area contributed by atoms with E-state index in [1.165, 1.54) is 12.8 Å². The van der Waals surface area contributed by atoms with Crippen LogP contribution < -0.4 is 5.32 Å². The number of rotatable bonds is 1. The number of piperidine rings is 1. The maximum Gasteiger partial charge on any atom is 0.227 e. The first kappa shape index (κ1) is 7.77. The molecule has 0 radical (unpaired) electrons. The second-order valence-corrected chi connectivity index (χ2v) is 4.25. The van der Waals surface area contributed by atoms with Gasteiger partial charge in [0.1, 0.15) is 0 Å². The van der Waals surface area contributed by atoms with E-state index in [9.17, 15) is 9.59 Å². The predicted octanol–water partition coefficient (Wildman–Crippen LogP) is 0.839. The monoisotopic (exact) mass is 167 g/mol. The van der Waals surface area contributed by atoms with Gasteiger partial charge >= 0.3 is 0 Å². The Bertz CT molecular complexity index is 227. The fourth-order valence-corrected chi connectivity index (χ4v) is 2.11. The van der Waals surface area contributed by atoms with Crippen LogP contribution in [0, 0.1) is 11.3 Å².